The summed E-state index contributed by atoms with van der Waals surface area (Å²) in [4.78, 5) is 27.6. The van der Waals surface area contributed by atoms with Crippen LogP contribution in [-0.4, -0.2) is 45.3 Å². The van der Waals surface area contributed by atoms with Gasteiger partial charge < -0.3 is 20.7 Å². The first-order valence-electron chi connectivity index (χ1n) is 13.6. The quantitative estimate of drug-likeness (QED) is 0.211. The number of sulfonamides is 1. The molecule has 0 aliphatic rings. The average molecular weight is 599 g/mol. The lowest BCUT2D eigenvalue weighted by Crippen LogP contribution is -2.29. The van der Waals surface area contributed by atoms with Crippen LogP contribution in [0.3, 0.4) is 0 Å². The third-order valence-corrected chi connectivity index (χ3v) is 7.59. The van der Waals surface area contributed by atoms with Gasteiger partial charge in [-0.2, -0.15) is 0 Å². The van der Waals surface area contributed by atoms with Crippen LogP contribution in [0.1, 0.15) is 27.0 Å². The number of hydrogen-bond donors (Lipinski definition) is 3. The molecule has 4 aromatic rings. The fourth-order valence-corrected chi connectivity index (χ4v) is 4.92. The van der Waals surface area contributed by atoms with Crippen LogP contribution in [0.15, 0.2) is 108 Å². The van der Waals surface area contributed by atoms with Crippen LogP contribution in [0.2, 0.25) is 0 Å². The summed E-state index contributed by atoms with van der Waals surface area (Å²) in [5, 5.41) is 8.02. The number of nitrogens with one attached hydrogen (secondary N) is 1. The van der Waals surface area contributed by atoms with Crippen molar-refractivity contribution >= 4 is 27.9 Å². The van der Waals surface area contributed by atoms with Crippen molar-refractivity contribution in [1.29, 1.82) is 0 Å². The zero-order valence-corrected chi connectivity index (χ0v) is 24.6. The zero-order valence-electron chi connectivity index (χ0n) is 23.8. The summed E-state index contributed by atoms with van der Waals surface area (Å²) in [5.74, 6) is 0.294. The highest BCUT2D eigenvalue weighted by Gasteiger charge is 2.15. The molecule has 0 aliphatic carbocycles. The van der Waals surface area contributed by atoms with Crippen LogP contribution in [0, 0.1) is 0 Å². The van der Waals surface area contributed by atoms with Gasteiger partial charge in [0.05, 0.1) is 12.0 Å². The van der Waals surface area contributed by atoms with E-state index in [0.717, 1.165) is 33.6 Å². The Labute approximate surface area is 251 Å². The number of methoxy groups -OCH3 is 1. The fraction of sp³-hybridized carbons (Fsp3) is 0.152. The summed E-state index contributed by atoms with van der Waals surface area (Å²) >= 11 is 0. The smallest absolute Gasteiger partial charge is 0.251 e. The molecule has 2 amide bonds. The van der Waals surface area contributed by atoms with Gasteiger partial charge in [0.1, 0.15) is 5.75 Å². The van der Waals surface area contributed by atoms with E-state index in [1.807, 2.05) is 66.7 Å². The molecule has 0 atom stereocenters. The van der Waals surface area contributed by atoms with E-state index in [2.05, 4.69) is 5.32 Å². The Morgan fingerprint density at radius 1 is 0.860 bits per heavy atom. The summed E-state index contributed by atoms with van der Waals surface area (Å²) < 4.78 is 28.6. The Bertz CT molecular complexity index is 1700. The molecule has 222 valence electrons. The van der Waals surface area contributed by atoms with Crippen molar-refractivity contribution in [3.05, 3.63) is 125 Å². The molecule has 0 spiro atoms. The first-order chi connectivity index (χ1) is 20.7. The lowest BCUT2D eigenvalue weighted by Gasteiger charge is -2.22. The van der Waals surface area contributed by atoms with Gasteiger partial charge in [0.2, 0.25) is 15.9 Å². The monoisotopic (exact) mass is 598 g/mol. The van der Waals surface area contributed by atoms with Gasteiger partial charge in [0, 0.05) is 37.8 Å². The molecule has 0 heterocycles. The van der Waals surface area contributed by atoms with Gasteiger partial charge >= 0.3 is 0 Å². The van der Waals surface area contributed by atoms with Crippen molar-refractivity contribution in [2.24, 2.45) is 10.9 Å². The summed E-state index contributed by atoms with van der Waals surface area (Å²) in [6, 6.07) is 28.6. The maximum atomic E-state index is 13.5. The van der Waals surface area contributed by atoms with E-state index >= 15 is 0 Å². The van der Waals surface area contributed by atoms with Crippen LogP contribution in [-0.2, 0) is 27.9 Å². The molecule has 5 N–H and O–H groups in total. The highest BCUT2D eigenvalue weighted by atomic mass is 32.2. The molecule has 0 fully saturated rings. The van der Waals surface area contributed by atoms with Crippen molar-refractivity contribution in [1.82, 2.24) is 10.2 Å². The molecule has 4 rings (SSSR count). The second-order valence-corrected chi connectivity index (χ2v) is 11.4. The van der Waals surface area contributed by atoms with Crippen molar-refractivity contribution < 1.29 is 22.7 Å². The summed E-state index contributed by atoms with van der Waals surface area (Å²) in [6.45, 7) is 1.26. The molecule has 0 aromatic heterocycles. The van der Waals surface area contributed by atoms with Crippen molar-refractivity contribution in [2.45, 2.75) is 18.0 Å². The second kappa shape index (κ2) is 14.4. The van der Waals surface area contributed by atoms with Gasteiger partial charge in [-0.25, -0.2) is 13.6 Å². The van der Waals surface area contributed by atoms with E-state index < -0.39 is 10.0 Å². The van der Waals surface area contributed by atoms with Gasteiger partial charge in [-0.1, -0.05) is 54.6 Å². The molecule has 0 saturated carbocycles. The maximum Gasteiger partial charge on any atom is 0.251 e. The number of benzene rings is 4. The Kier molecular flexibility index (Phi) is 10.4. The van der Waals surface area contributed by atoms with E-state index in [9.17, 15) is 18.0 Å². The molecular formula is C33H34N4O5S. The fourth-order valence-electron chi connectivity index (χ4n) is 4.40. The summed E-state index contributed by atoms with van der Waals surface area (Å²) in [5.41, 5.74) is 10.2. The average Bonchev–Trinajstić information content (AvgIpc) is 3.02. The SMILES string of the molecule is COc1ccc(C=CC(=O)N(Cc2ccc(S(N)(=O)=O)cc2)Cc2cccc(-c3cccc(C(=O)NCCN)c3)c2)cc1. The van der Waals surface area contributed by atoms with Crippen LogP contribution in [0.4, 0.5) is 0 Å². The molecule has 0 aliphatic heterocycles. The molecule has 43 heavy (non-hydrogen) atoms. The first-order valence-corrected chi connectivity index (χ1v) is 15.1. The Hall–Kier alpha value is -4.77. The topological polar surface area (TPSA) is 145 Å². The molecular weight excluding hydrogens is 564 g/mol. The number of nitrogens with two attached hydrogens (primary N) is 2. The zero-order chi connectivity index (χ0) is 30.8. The van der Waals surface area contributed by atoms with E-state index in [1.165, 1.54) is 18.2 Å². The molecule has 0 bridgehead atoms. The van der Waals surface area contributed by atoms with Gasteiger partial charge in [0.25, 0.3) is 5.91 Å². The highest BCUT2D eigenvalue weighted by molar-refractivity contribution is 7.89. The Morgan fingerprint density at radius 2 is 1.51 bits per heavy atom. The molecule has 0 unspecified atom stereocenters. The normalized spacial score (nSPS) is 11.3. The number of ether oxygens (including phenoxy) is 1. The van der Waals surface area contributed by atoms with Gasteiger partial charge in [-0.05, 0) is 76.4 Å². The number of rotatable bonds is 12. The van der Waals surface area contributed by atoms with E-state index in [4.69, 9.17) is 15.6 Å². The van der Waals surface area contributed by atoms with Crippen LogP contribution in [0.25, 0.3) is 17.2 Å². The highest BCUT2D eigenvalue weighted by Crippen LogP contribution is 2.23. The second-order valence-electron chi connectivity index (χ2n) is 9.82. The standard InChI is InChI=1S/C33H34N4O5S/c1-42-30-13-8-24(9-14-30)12-17-32(38)37(22-25-10-15-31(16-11-25)43(35,40)41)23-26-4-2-5-27(20-26)28-6-3-7-29(21-28)33(39)36-19-18-34/h2-17,20-21H,18-19,22-23,34H2,1H3,(H,36,39)(H2,35,40,41). The number of carbonyl (C=O) groups is 2. The molecule has 0 radical (unpaired) electrons. The minimum absolute atomic E-state index is 0.000156. The minimum Gasteiger partial charge on any atom is -0.497 e. The summed E-state index contributed by atoms with van der Waals surface area (Å²) in [7, 11) is -2.24. The van der Waals surface area contributed by atoms with Crippen molar-refractivity contribution in [2.75, 3.05) is 20.2 Å². The van der Waals surface area contributed by atoms with Gasteiger partial charge in [0.15, 0.2) is 0 Å². The predicted molar refractivity (Wildman–Crippen MR) is 167 cm³/mol. The Morgan fingerprint density at radius 3 is 2.16 bits per heavy atom. The molecule has 4 aromatic carbocycles. The third kappa shape index (κ3) is 8.86. The molecule has 10 heteroatoms. The van der Waals surface area contributed by atoms with E-state index in [0.29, 0.717) is 18.7 Å². The van der Waals surface area contributed by atoms with Gasteiger partial charge in [-0.15, -0.1) is 0 Å². The van der Waals surface area contributed by atoms with Crippen LogP contribution < -0.4 is 20.9 Å². The van der Waals surface area contributed by atoms with Crippen LogP contribution >= 0.6 is 0 Å². The maximum absolute atomic E-state index is 13.5. The number of primary sulfonamides is 1. The lowest BCUT2D eigenvalue weighted by molar-refractivity contribution is -0.127. The first kappa shape index (κ1) is 31.2. The summed E-state index contributed by atoms with van der Waals surface area (Å²) in [6.07, 6.45) is 3.24. The number of hydrogen-bond acceptors (Lipinski definition) is 6. The predicted octanol–water partition coefficient (Wildman–Crippen LogP) is 3.94. The number of amides is 2. The largest absolute Gasteiger partial charge is 0.497 e. The molecule has 9 nitrogen and oxygen atoms in total. The van der Waals surface area contributed by atoms with E-state index in [-0.39, 0.29) is 29.8 Å². The number of nitrogens with zero attached hydrogens (tertiary/aromatic N) is 1. The van der Waals surface area contributed by atoms with Gasteiger partial charge in [-0.3, -0.25) is 9.59 Å². The van der Waals surface area contributed by atoms with Crippen molar-refractivity contribution in [3.8, 4) is 16.9 Å². The lowest BCUT2D eigenvalue weighted by atomic mass is 10.0. The minimum atomic E-state index is -3.83. The number of carbonyl (C=O) groups excluding carboxylic acids is 2. The van der Waals surface area contributed by atoms with Crippen LogP contribution in [0.5, 0.6) is 5.75 Å². The third-order valence-electron chi connectivity index (χ3n) is 6.66. The van der Waals surface area contributed by atoms with E-state index in [1.54, 1.807) is 36.3 Å². The Balaban J connectivity index is 1.59. The van der Waals surface area contributed by atoms with Crippen molar-refractivity contribution in [3.63, 3.8) is 0 Å². The molecule has 0 saturated heterocycles.